The molecule has 1 N–H and O–H groups in total. The number of amides is 1. The van der Waals surface area contributed by atoms with Gasteiger partial charge in [-0.25, -0.2) is 4.79 Å². The van der Waals surface area contributed by atoms with Crippen LogP contribution >= 0.6 is 22.7 Å². The van der Waals surface area contributed by atoms with Crippen LogP contribution in [0.1, 0.15) is 20.0 Å². The van der Waals surface area contributed by atoms with Crippen LogP contribution in [0.3, 0.4) is 0 Å². The third-order valence-electron chi connectivity index (χ3n) is 2.93. The van der Waals surface area contributed by atoms with E-state index in [1.54, 1.807) is 35.6 Å². The van der Waals surface area contributed by atoms with Crippen molar-refractivity contribution in [1.29, 1.82) is 0 Å². The number of thiophene rings is 2. The van der Waals surface area contributed by atoms with Crippen LogP contribution in [0.4, 0.5) is 5.69 Å². The summed E-state index contributed by atoms with van der Waals surface area (Å²) in [5.41, 5.74) is 1.09. The van der Waals surface area contributed by atoms with Crippen molar-refractivity contribution in [2.75, 3.05) is 12.4 Å². The van der Waals surface area contributed by atoms with Crippen LogP contribution < -0.4 is 5.32 Å². The summed E-state index contributed by atoms with van der Waals surface area (Å²) < 4.78 is 6.86. The Kier molecular flexibility index (Phi) is 3.72. The van der Waals surface area contributed by atoms with Crippen LogP contribution in [0.25, 0.3) is 9.40 Å². The third-order valence-corrected chi connectivity index (χ3v) is 5.02. The van der Waals surface area contributed by atoms with Gasteiger partial charge in [-0.1, -0.05) is 0 Å². The van der Waals surface area contributed by atoms with Gasteiger partial charge in [-0.2, -0.15) is 0 Å². The summed E-state index contributed by atoms with van der Waals surface area (Å²) in [6.07, 6.45) is 0. The Labute approximate surface area is 129 Å². The van der Waals surface area contributed by atoms with Gasteiger partial charge in [0.1, 0.15) is 0 Å². The number of carbonyl (C=O) groups excluding carboxylic acids is 2. The zero-order valence-corrected chi connectivity index (χ0v) is 12.7. The summed E-state index contributed by atoms with van der Waals surface area (Å²) >= 11 is 3.09. The van der Waals surface area contributed by atoms with Gasteiger partial charge in [0, 0.05) is 15.1 Å². The van der Waals surface area contributed by atoms with Gasteiger partial charge in [0.2, 0.25) is 0 Å². The number of anilines is 1. The van der Waals surface area contributed by atoms with E-state index in [0.29, 0.717) is 16.1 Å². The predicted octanol–water partition coefficient (Wildman–Crippen LogP) is 4.00. The summed E-state index contributed by atoms with van der Waals surface area (Å²) in [4.78, 5) is 24.2. The van der Waals surface area contributed by atoms with E-state index in [0.717, 1.165) is 9.40 Å². The van der Waals surface area contributed by atoms with Gasteiger partial charge in [-0.05, 0) is 41.8 Å². The standard InChI is InChI=1S/C15H11NO3S2/c1-19-15(18)9-2-4-10(5-3-9)16-14(17)13-8-12-11(21-13)6-7-20-12/h2-8H,1H3,(H,16,17). The molecular formula is C15H11NO3S2. The number of esters is 1. The molecule has 3 aromatic rings. The van der Waals surface area contributed by atoms with Crippen LogP contribution in [0.2, 0.25) is 0 Å². The van der Waals surface area contributed by atoms with Crippen molar-refractivity contribution in [2.24, 2.45) is 0 Å². The van der Waals surface area contributed by atoms with E-state index in [9.17, 15) is 9.59 Å². The molecule has 0 spiro atoms. The van der Waals surface area contributed by atoms with E-state index < -0.39 is 5.97 Å². The quantitative estimate of drug-likeness (QED) is 0.743. The van der Waals surface area contributed by atoms with E-state index >= 15 is 0 Å². The fourth-order valence-corrected chi connectivity index (χ4v) is 3.88. The maximum atomic E-state index is 12.2. The van der Waals surface area contributed by atoms with Gasteiger partial charge < -0.3 is 10.1 Å². The lowest BCUT2D eigenvalue weighted by molar-refractivity contribution is 0.0600. The largest absolute Gasteiger partial charge is 0.465 e. The summed E-state index contributed by atoms with van der Waals surface area (Å²) in [5, 5.41) is 4.83. The molecule has 21 heavy (non-hydrogen) atoms. The molecule has 1 aromatic carbocycles. The summed E-state index contributed by atoms with van der Waals surface area (Å²) in [6, 6.07) is 10.5. The normalized spacial score (nSPS) is 10.5. The number of carbonyl (C=O) groups is 2. The van der Waals surface area contributed by atoms with Gasteiger partial charge in [-0.15, -0.1) is 22.7 Å². The average molecular weight is 317 g/mol. The van der Waals surface area contributed by atoms with E-state index in [2.05, 4.69) is 10.1 Å². The van der Waals surface area contributed by atoms with Crippen molar-refractivity contribution in [3.8, 4) is 0 Å². The molecule has 0 radical (unpaired) electrons. The first-order valence-electron chi connectivity index (χ1n) is 6.14. The zero-order chi connectivity index (χ0) is 14.8. The molecule has 3 rings (SSSR count). The summed E-state index contributed by atoms with van der Waals surface area (Å²) in [5.74, 6) is -0.541. The molecule has 0 fully saturated rings. The zero-order valence-electron chi connectivity index (χ0n) is 11.1. The van der Waals surface area contributed by atoms with Crippen molar-refractivity contribution in [3.63, 3.8) is 0 Å². The van der Waals surface area contributed by atoms with Gasteiger partial charge in [-0.3, -0.25) is 4.79 Å². The van der Waals surface area contributed by atoms with E-state index in [4.69, 9.17) is 0 Å². The molecule has 0 aliphatic rings. The van der Waals surface area contributed by atoms with Crippen LogP contribution in [-0.2, 0) is 4.74 Å². The van der Waals surface area contributed by atoms with Crippen molar-refractivity contribution in [2.45, 2.75) is 0 Å². The monoisotopic (exact) mass is 317 g/mol. The maximum absolute atomic E-state index is 12.2. The smallest absolute Gasteiger partial charge is 0.337 e. The second-order valence-electron chi connectivity index (χ2n) is 4.28. The molecule has 0 bridgehead atoms. The van der Waals surface area contributed by atoms with Crippen molar-refractivity contribution < 1.29 is 14.3 Å². The fourth-order valence-electron chi connectivity index (χ4n) is 1.88. The number of nitrogens with one attached hydrogen (secondary N) is 1. The molecule has 6 heteroatoms. The Hall–Kier alpha value is -2.18. The van der Waals surface area contributed by atoms with Crippen LogP contribution in [-0.4, -0.2) is 19.0 Å². The van der Waals surface area contributed by atoms with Crippen LogP contribution in [0.15, 0.2) is 41.8 Å². The average Bonchev–Trinajstić information content (AvgIpc) is 3.08. The Morgan fingerprint density at radius 3 is 2.52 bits per heavy atom. The summed E-state index contributed by atoms with van der Waals surface area (Å²) in [7, 11) is 1.33. The molecule has 0 aliphatic heterocycles. The minimum Gasteiger partial charge on any atom is -0.465 e. The highest BCUT2D eigenvalue weighted by atomic mass is 32.1. The second kappa shape index (κ2) is 5.67. The van der Waals surface area contributed by atoms with E-state index in [1.807, 2.05) is 17.5 Å². The number of fused-ring (bicyclic) bond motifs is 1. The van der Waals surface area contributed by atoms with Crippen LogP contribution in [0.5, 0.6) is 0 Å². The van der Waals surface area contributed by atoms with E-state index in [-0.39, 0.29) is 5.91 Å². The Morgan fingerprint density at radius 1 is 1.10 bits per heavy atom. The first-order chi connectivity index (χ1) is 10.2. The molecule has 0 unspecified atom stereocenters. The van der Waals surface area contributed by atoms with Gasteiger partial charge in [0.05, 0.1) is 17.6 Å². The molecule has 0 atom stereocenters. The molecule has 0 aliphatic carbocycles. The first kappa shape index (κ1) is 13.8. The topological polar surface area (TPSA) is 55.4 Å². The van der Waals surface area contributed by atoms with Gasteiger partial charge in [0.25, 0.3) is 5.91 Å². The molecule has 0 saturated carbocycles. The number of hydrogen-bond acceptors (Lipinski definition) is 5. The molecule has 4 nitrogen and oxygen atoms in total. The Balaban J connectivity index is 1.75. The van der Waals surface area contributed by atoms with Crippen molar-refractivity contribution >= 4 is 49.6 Å². The predicted molar refractivity (Wildman–Crippen MR) is 85.4 cm³/mol. The highest BCUT2D eigenvalue weighted by Crippen LogP contribution is 2.30. The SMILES string of the molecule is COC(=O)c1ccc(NC(=O)c2cc3sccc3s2)cc1. The van der Waals surface area contributed by atoms with Gasteiger partial charge in [0.15, 0.2) is 0 Å². The number of methoxy groups -OCH3 is 1. The molecule has 2 heterocycles. The molecule has 1 amide bonds. The highest BCUT2D eigenvalue weighted by molar-refractivity contribution is 7.27. The Bertz CT molecular complexity index is 773. The maximum Gasteiger partial charge on any atom is 0.337 e. The minimum atomic E-state index is -0.397. The number of rotatable bonds is 3. The third kappa shape index (κ3) is 2.81. The van der Waals surface area contributed by atoms with E-state index in [1.165, 1.54) is 18.4 Å². The number of hydrogen-bond donors (Lipinski definition) is 1. The molecule has 0 saturated heterocycles. The highest BCUT2D eigenvalue weighted by Gasteiger charge is 2.12. The van der Waals surface area contributed by atoms with Gasteiger partial charge >= 0.3 is 5.97 Å². The lowest BCUT2D eigenvalue weighted by atomic mass is 10.2. The lowest BCUT2D eigenvalue weighted by Crippen LogP contribution is -2.10. The number of benzene rings is 1. The first-order valence-corrected chi connectivity index (χ1v) is 7.84. The Morgan fingerprint density at radius 2 is 1.86 bits per heavy atom. The molecular weight excluding hydrogens is 306 g/mol. The summed E-state index contributed by atoms with van der Waals surface area (Å²) in [6.45, 7) is 0. The van der Waals surface area contributed by atoms with Crippen molar-refractivity contribution in [3.05, 3.63) is 52.2 Å². The van der Waals surface area contributed by atoms with Crippen LogP contribution in [0, 0.1) is 0 Å². The minimum absolute atomic E-state index is 0.144. The lowest BCUT2D eigenvalue weighted by Gasteiger charge is -2.04. The second-order valence-corrected chi connectivity index (χ2v) is 6.31. The molecule has 2 aromatic heterocycles. The number of ether oxygens (including phenoxy) is 1. The fraction of sp³-hybridized carbons (Fsp3) is 0.0667. The molecule has 106 valence electrons. The van der Waals surface area contributed by atoms with Crippen molar-refractivity contribution in [1.82, 2.24) is 0 Å².